The van der Waals surface area contributed by atoms with Crippen molar-refractivity contribution >= 4 is 11.9 Å². The number of alkyl halides is 3. The summed E-state index contributed by atoms with van der Waals surface area (Å²) in [4.78, 5) is 24.9. The number of halogens is 3. The zero-order chi connectivity index (χ0) is 24.1. The van der Waals surface area contributed by atoms with E-state index in [1.54, 1.807) is 12.1 Å². The Balaban J connectivity index is 1.81. The molecule has 0 aliphatic rings. The summed E-state index contributed by atoms with van der Waals surface area (Å²) in [6.45, 7) is 2.26. The second kappa shape index (κ2) is 13.7. The number of benzene rings is 2. The summed E-state index contributed by atoms with van der Waals surface area (Å²) < 4.78 is 48.5. The fourth-order valence-corrected chi connectivity index (χ4v) is 3.33. The molecule has 2 aromatic rings. The van der Waals surface area contributed by atoms with Crippen LogP contribution in [-0.2, 0) is 22.3 Å². The van der Waals surface area contributed by atoms with Gasteiger partial charge in [-0.1, -0.05) is 76.1 Å². The van der Waals surface area contributed by atoms with Gasteiger partial charge in [-0.2, -0.15) is 13.2 Å². The van der Waals surface area contributed by atoms with Crippen molar-refractivity contribution in [1.29, 1.82) is 0 Å². The van der Waals surface area contributed by atoms with Crippen LogP contribution in [0, 0.1) is 0 Å². The van der Waals surface area contributed by atoms with Gasteiger partial charge in [-0.05, 0) is 36.2 Å². The smallest absolute Gasteiger partial charge is 0.416 e. The Morgan fingerprint density at radius 3 is 1.79 bits per heavy atom. The van der Waals surface area contributed by atoms with Crippen molar-refractivity contribution in [1.82, 2.24) is 0 Å². The van der Waals surface area contributed by atoms with Crippen LogP contribution in [0.4, 0.5) is 13.2 Å². The molecular weight excluding hydrogens is 433 g/mol. The van der Waals surface area contributed by atoms with E-state index >= 15 is 0 Å². The van der Waals surface area contributed by atoms with E-state index in [0.29, 0.717) is 5.56 Å². The molecule has 0 amide bonds. The maximum absolute atomic E-state index is 12.7. The first-order chi connectivity index (χ1) is 15.8. The second-order valence-corrected chi connectivity index (χ2v) is 7.93. The molecule has 0 saturated heterocycles. The molecule has 0 aromatic heterocycles. The third kappa shape index (κ3) is 9.28. The predicted molar refractivity (Wildman–Crippen MR) is 120 cm³/mol. The highest BCUT2D eigenvalue weighted by Gasteiger charge is 2.30. The summed E-state index contributed by atoms with van der Waals surface area (Å²) >= 11 is 0. The van der Waals surface area contributed by atoms with Crippen molar-refractivity contribution in [3.63, 3.8) is 0 Å². The predicted octanol–water partition coefficient (Wildman–Crippen LogP) is 7.36. The molecule has 7 heteroatoms. The lowest BCUT2D eigenvalue weighted by Crippen LogP contribution is -2.14. The van der Waals surface area contributed by atoms with Crippen molar-refractivity contribution in [2.24, 2.45) is 0 Å². The zero-order valence-electron chi connectivity index (χ0n) is 19.0. The molecule has 0 aliphatic carbocycles. The average molecular weight is 465 g/mol. The molecule has 0 radical (unpaired) electrons. The number of ether oxygens (including phenoxy) is 2. The molecule has 0 bridgehead atoms. The zero-order valence-corrected chi connectivity index (χ0v) is 19.0. The maximum Gasteiger partial charge on any atom is 0.416 e. The van der Waals surface area contributed by atoms with Gasteiger partial charge < -0.3 is 9.47 Å². The number of rotatable bonds is 13. The summed E-state index contributed by atoms with van der Waals surface area (Å²) in [5, 5.41) is 0. The Morgan fingerprint density at radius 2 is 1.24 bits per heavy atom. The number of carbonyl (C=O) groups excluding carboxylic acids is 2. The van der Waals surface area contributed by atoms with Gasteiger partial charge in [0.1, 0.15) is 6.61 Å². The Morgan fingerprint density at radius 1 is 0.727 bits per heavy atom. The van der Waals surface area contributed by atoms with Crippen molar-refractivity contribution in [2.45, 2.75) is 71.1 Å². The van der Waals surface area contributed by atoms with E-state index in [1.807, 2.05) is 0 Å². The number of unbranched alkanes of at least 4 members (excludes halogenated alkanes) is 7. The number of esters is 2. The molecular formula is C26H31F3O4. The molecule has 0 heterocycles. The molecule has 0 unspecified atom stereocenters. The van der Waals surface area contributed by atoms with Gasteiger partial charge in [0.05, 0.1) is 23.3 Å². The molecule has 0 fully saturated rings. The normalized spacial score (nSPS) is 11.3. The maximum atomic E-state index is 12.7. The van der Waals surface area contributed by atoms with Crippen LogP contribution in [-0.4, -0.2) is 18.5 Å². The van der Waals surface area contributed by atoms with E-state index in [1.165, 1.54) is 56.4 Å². The van der Waals surface area contributed by atoms with Gasteiger partial charge in [0.15, 0.2) is 0 Å². The number of hydrogen-bond donors (Lipinski definition) is 0. The van der Waals surface area contributed by atoms with Crippen LogP contribution in [0.5, 0.6) is 0 Å². The minimum Gasteiger partial charge on any atom is -0.462 e. The Labute approximate surface area is 193 Å². The monoisotopic (exact) mass is 464 g/mol. The lowest BCUT2D eigenvalue weighted by molar-refractivity contribution is -0.137. The van der Waals surface area contributed by atoms with Gasteiger partial charge in [0.25, 0.3) is 0 Å². The molecule has 180 valence electrons. The van der Waals surface area contributed by atoms with E-state index in [9.17, 15) is 22.8 Å². The third-order valence-electron chi connectivity index (χ3n) is 5.25. The first-order valence-corrected chi connectivity index (χ1v) is 11.4. The van der Waals surface area contributed by atoms with E-state index in [4.69, 9.17) is 9.47 Å². The summed E-state index contributed by atoms with van der Waals surface area (Å²) in [5.74, 6) is -1.34. The number of hydrogen-bond acceptors (Lipinski definition) is 4. The standard InChI is InChI=1S/C26H31F3O4/c1-2-3-4-5-6-7-8-11-18-32-24(30)22-12-9-10-13-23(22)25(31)33-19-20-14-16-21(17-15-20)26(27,28)29/h9-10,12-17H,2-8,11,18-19H2,1H3. The lowest BCUT2D eigenvalue weighted by atomic mass is 10.1. The van der Waals surface area contributed by atoms with E-state index in [0.717, 1.165) is 31.4 Å². The van der Waals surface area contributed by atoms with Crippen molar-refractivity contribution in [3.05, 3.63) is 70.8 Å². The summed E-state index contributed by atoms with van der Waals surface area (Å²) in [6, 6.07) is 10.5. The van der Waals surface area contributed by atoms with E-state index < -0.39 is 23.7 Å². The van der Waals surface area contributed by atoms with Crippen LogP contribution in [0.3, 0.4) is 0 Å². The first kappa shape index (κ1) is 26.4. The van der Waals surface area contributed by atoms with Gasteiger partial charge >= 0.3 is 18.1 Å². The molecule has 2 rings (SSSR count). The highest BCUT2D eigenvalue weighted by molar-refractivity contribution is 6.03. The third-order valence-corrected chi connectivity index (χ3v) is 5.25. The highest BCUT2D eigenvalue weighted by atomic mass is 19.4. The molecule has 33 heavy (non-hydrogen) atoms. The van der Waals surface area contributed by atoms with Crippen LogP contribution in [0.25, 0.3) is 0 Å². The molecule has 2 aromatic carbocycles. The van der Waals surface area contributed by atoms with Crippen molar-refractivity contribution in [2.75, 3.05) is 6.61 Å². The summed E-state index contributed by atoms with van der Waals surface area (Å²) in [7, 11) is 0. The van der Waals surface area contributed by atoms with Crippen LogP contribution < -0.4 is 0 Å². The molecule has 0 N–H and O–H groups in total. The minimum atomic E-state index is -4.43. The molecule has 0 spiro atoms. The highest BCUT2D eigenvalue weighted by Crippen LogP contribution is 2.29. The lowest BCUT2D eigenvalue weighted by Gasteiger charge is -2.11. The van der Waals surface area contributed by atoms with E-state index in [-0.39, 0.29) is 24.3 Å². The molecule has 0 aliphatic heterocycles. The first-order valence-electron chi connectivity index (χ1n) is 11.4. The Bertz CT molecular complexity index is 876. The van der Waals surface area contributed by atoms with Gasteiger partial charge in [-0.3, -0.25) is 0 Å². The van der Waals surface area contributed by atoms with Crippen LogP contribution in [0.1, 0.15) is 90.1 Å². The molecule has 0 atom stereocenters. The van der Waals surface area contributed by atoms with Gasteiger partial charge in [0.2, 0.25) is 0 Å². The van der Waals surface area contributed by atoms with Crippen LogP contribution >= 0.6 is 0 Å². The molecule has 4 nitrogen and oxygen atoms in total. The van der Waals surface area contributed by atoms with Crippen LogP contribution in [0.2, 0.25) is 0 Å². The fraction of sp³-hybridized carbons (Fsp3) is 0.462. The summed E-state index contributed by atoms with van der Waals surface area (Å²) in [6.07, 6.45) is 4.59. The largest absolute Gasteiger partial charge is 0.462 e. The van der Waals surface area contributed by atoms with Gasteiger partial charge in [-0.25, -0.2) is 9.59 Å². The SMILES string of the molecule is CCCCCCCCCCOC(=O)c1ccccc1C(=O)OCc1ccc(C(F)(F)F)cc1. The van der Waals surface area contributed by atoms with Crippen molar-refractivity contribution < 1.29 is 32.2 Å². The molecule has 0 saturated carbocycles. The van der Waals surface area contributed by atoms with Gasteiger partial charge in [0, 0.05) is 0 Å². The Hall–Kier alpha value is -2.83. The summed E-state index contributed by atoms with van der Waals surface area (Å²) in [5.41, 5.74) is -0.201. The fourth-order valence-electron chi connectivity index (χ4n) is 3.33. The van der Waals surface area contributed by atoms with Gasteiger partial charge in [-0.15, -0.1) is 0 Å². The topological polar surface area (TPSA) is 52.6 Å². The quantitative estimate of drug-likeness (QED) is 0.230. The minimum absolute atomic E-state index is 0.0605. The van der Waals surface area contributed by atoms with Crippen molar-refractivity contribution in [3.8, 4) is 0 Å². The van der Waals surface area contributed by atoms with Crippen LogP contribution in [0.15, 0.2) is 48.5 Å². The number of carbonyl (C=O) groups is 2. The second-order valence-electron chi connectivity index (χ2n) is 7.93. The Kier molecular flexibility index (Phi) is 10.9. The van der Waals surface area contributed by atoms with E-state index in [2.05, 4.69) is 6.92 Å². The average Bonchev–Trinajstić information content (AvgIpc) is 2.81.